The summed E-state index contributed by atoms with van der Waals surface area (Å²) >= 11 is 0. The number of hydrogen-bond acceptors (Lipinski definition) is 2. The molecule has 0 unspecified atom stereocenters. The molecule has 0 atom stereocenters. The van der Waals surface area contributed by atoms with E-state index in [0.717, 1.165) is 38.5 Å². The Hall–Kier alpha value is -0.130. The first-order valence-electron chi connectivity index (χ1n) is 6.88. The van der Waals surface area contributed by atoms with Gasteiger partial charge in [0.25, 0.3) is 10.2 Å². The molecule has 1 aliphatic rings. The molecule has 1 aliphatic heterocycles. The second kappa shape index (κ2) is 7.34. The third-order valence-corrected chi connectivity index (χ3v) is 5.20. The molecule has 102 valence electrons. The summed E-state index contributed by atoms with van der Waals surface area (Å²) in [4.78, 5) is 0. The van der Waals surface area contributed by atoms with Gasteiger partial charge in [0, 0.05) is 26.2 Å². The molecule has 0 radical (unpaired) electrons. The van der Waals surface area contributed by atoms with E-state index in [1.165, 1.54) is 0 Å². The Morgan fingerprint density at radius 2 is 1.41 bits per heavy atom. The van der Waals surface area contributed by atoms with Crippen LogP contribution < -0.4 is 0 Å². The molecule has 1 fully saturated rings. The van der Waals surface area contributed by atoms with Gasteiger partial charge >= 0.3 is 0 Å². The monoisotopic (exact) mass is 262 g/mol. The van der Waals surface area contributed by atoms with Gasteiger partial charge in [-0.15, -0.1) is 0 Å². The van der Waals surface area contributed by atoms with Crippen molar-refractivity contribution in [2.24, 2.45) is 0 Å². The normalized spacial score (nSPS) is 19.5. The van der Waals surface area contributed by atoms with Crippen molar-refractivity contribution in [2.75, 3.05) is 26.2 Å². The summed E-state index contributed by atoms with van der Waals surface area (Å²) in [5.41, 5.74) is 0. The van der Waals surface area contributed by atoms with Gasteiger partial charge in [0.1, 0.15) is 0 Å². The summed E-state index contributed by atoms with van der Waals surface area (Å²) in [6, 6.07) is 0. The van der Waals surface area contributed by atoms with Crippen molar-refractivity contribution in [1.29, 1.82) is 0 Å². The van der Waals surface area contributed by atoms with Crippen LogP contribution >= 0.6 is 0 Å². The SMILES string of the molecule is CCCN(CCC)S(=O)(=O)N1CCCCCC1. The molecule has 0 aromatic heterocycles. The van der Waals surface area contributed by atoms with Crippen LogP contribution in [0.5, 0.6) is 0 Å². The Morgan fingerprint density at radius 3 is 1.82 bits per heavy atom. The van der Waals surface area contributed by atoms with Crippen molar-refractivity contribution in [1.82, 2.24) is 8.61 Å². The highest BCUT2D eigenvalue weighted by atomic mass is 32.2. The Bertz CT molecular complexity index is 282. The van der Waals surface area contributed by atoms with Gasteiger partial charge in [-0.2, -0.15) is 17.0 Å². The average Bonchev–Trinajstić information content (AvgIpc) is 2.57. The Balaban J connectivity index is 2.74. The van der Waals surface area contributed by atoms with E-state index in [0.29, 0.717) is 26.2 Å². The number of nitrogens with zero attached hydrogens (tertiary/aromatic N) is 2. The van der Waals surface area contributed by atoms with Crippen LogP contribution in [0, 0.1) is 0 Å². The van der Waals surface area contributed by atoms with E-state index < -0.39 is 10.2 Å². The van der Waals surface area contributed by atoms with E-state index in [9.17, 15) is 8.42 Å². The zero-order valence-electron chi connectivity index (χ0n) is 11.2. The average molecular weight is 262 g/mol. The molecule has 0 N–H and O–H groups in total. The molecule has 0 aromatic rings. The molecule has 0 spiro atoms. The first-order chi connectivity index (χ1) is 8.12. The molecule has 17 heavy (non-hydrogen) atoms. The van der Waals surface area contributed by atoms with E-state index in [2.05, 4.69) is 0 Å². The Kier molecular flexibility index (Phi) is 6.44. The molecule has 1 rings (SSSR count). The largest absolute Gasteiger partial charge is 0.281 e. The van der Waals surface area contributed by atoms with Crippen LogP contribution in [0.15, 0.2) is 0 Å². The molecule has 0 aliphatic carbocycles. The number of rotatable bonds is 6. The molecule has 0 amide bonds. The highest BCUT2D eigenvalue weighted by Gasteiger charge is 2.28. The fourth-order valence-corrected chi connectivity index (χ4v) is 4.15. The Labute approximate surface area is 106 Å². The summed E-state index contributed by atoms with van der Waals surface area (Å²) in [7, 11) is -3.21. The predicted octanol–water partition coefficient (Wildman–Crippen LogP) is 2.23. The lowest BCUT2D eigenvalue weighted by molar-refractivity contribution is 0.339. The second-order valence-corrected chi connectivity index (χ2v) is 6.65. The molecule has 0 saturated carbocycles. The summed E-state index contributed by atoms with van der Waals surface area (Å²) in [6.45, 7) is 6.75. The smallest absolute Gasteiger partial charge is 0.195 e. The zero-order chi connectivity index (χ0) is 12.7. The maximum Gasteiger partial charge on any atom is 0.281 e. The minimum absolute atomic E-state index is 0.646. The highest BCUT2D eigenvalue weighted by Crippen LogP contribution is 2.16. The van der Waals surface area contributed by atoms with Gasteiger partial charge in [0.2, 0.25) is 0 Å². The van der Waals surface area contributed by atoms with Crippen LogP contribution in [0.2, 0.25) is 0 Å². The van der Waals surface area contributed by atoms with Crippen LogP contribution in [0.25, 0.3) is 0 Å². The highest BCUT2D eigenvalue weighted by molar-refractivity contribution is 7.86. The van der Waals surface area contributed by atoms with Crippen LogP contribution in [0.1, 0.15) is 52.4 Å². The molecule has 0 bridgehead atoms. The van der Waals surface area contributed by atoms with Gasteiger partial charge in [-0.1, -0.05) is 26.7 Å². The summed E-state index contributed by atoms with van der Waals surface area (Å²) in [5, 5.41) is 0. The Morgan fingerprint density at radius 1 is 0.941 bits per heavy atom. The molecular weight excluding hydrogens is 236 g/mol. The van der Waals surface area contributed by atoms with Crippen LogP contribution in [-0.4, -0.2) is 43.2 Å². The van der Waals surface area contributed by atoms with Crippen molar-refractivity contribution in [3.63, 3.8) is 0 Å². The van der Waals surface area contributed by atoms with Crippen LogP contribution in [0.3, 0.4) is 0 Å². The van der Waals surface area contributed by atoms with Crippen molar-refractivity contribution in [2.45, 2.75) is 52.4 Å². The zero-order valence-corrected chi connectivity index (χ0v) is 12.0. The minimum Gasteiger partial charge on any atom is -0.195 e. The summed E-state index contributed by atoms with van der Waals surface area (Å²) in [6.07, 6.45) is 6.10. The molecule has 1 heterocycles. The van der Waals surface area contributed by atoms with E-state index >= 15 is 0 Å². The van der Waals surface area contributed by atoms with Gasteiger partial charge in [-0.25, -0.2) is 0 Å². The number of hydrogen-bond donors (Lipinski definition) is 0. The van der Waals surface area contributed by atoms with Gasteiger partial charge in [-0.3, -0.25) is 0 Å². The molecule has 4 nitrogen and oxygen atoms in total. The lowest BCUT2D eigenvalue weighted by atomic mass is 10.2. The van der Waals surface area contributed by atoms with Crippen molar-refractivity contribution in [3.8, 4) is 0 Å². The summed E-state index contributed by atoms with van der Waals surface area (Å²) < 4.78 is 28.3. The fraction of sp³-hybridized carbons (Fsp3) is 1.00. The molecule has 5 heteroatoms. The summed E-state index contributed by atoms with van der Waals surface area (Å²) in [5.74, 6) is 0. The third kappa shape index (κ3) is 4.23. The third-order valence-electron chi connectivity index (χ3n) is 3.16. The van der Waals surface area contributed by atoms with Crippen molar-refractivity contribution >= 4 is 10.2 Å². The maximum absolute atomic E-state index is 12.5. The van der Waals surface area contributed by atoms with Gasteiger partial charge in [0.05, 0.1) is 0 Å². The van der Waals surface area contributed by atoms with Gasteiger partial charge < -0.3 is 0 Å². The molecular formula is C12H26N2O2S. The van der Waals surface area contributed by atoms with Crippen molar-refractivity contribution in [3.05, 3.63) is 0 Å². The second-order valence-electron chi connectivity index (χ2n) is 4.72. The first kappa shape index (κ1) is 14.9. The first-order valence-corrected chi connectivity index (χ1v) is 8.27. The van der Waals surface area contributed by atoms with E-state index in [4.69, 9.17) is 0 Å². The quantitative estimate of drug-likeness (QED) is 0.736. The van der Waals surface area contributed by atoms with E-state index in [-0.39, 0.29) is 0 Å². The van der Waals surface area contributed by atoms with E-state index in [1.807, 2.05) is 13.8 Å². The molecule has 0 aromatic carbocycles. The maximum atomic E-state index is 12.5. The van der Waals surface area contributed by atoms with Gasteiger partial charge in [-0.05, 0) is 25.7 Å². The van der Waals surface area contributed by atoms with Crippen molar-refractivity contribution < 1.29 is 8.42 Å². The lowest BCUT2D eigenvalue weighted by Crippen LogP contribution is -2.44. The standard InChI is InChI=1S/C12H26N2O2S/c1-3-9-13(10-4-2)17(15,16)14-11-7-5-6-8-12-14/h3-12H2,1-2H3. The fourth-order valence-electron chi connectivity index (χ4n) is 2.28. The topological polar surface area (TPSA) is 40.6 Å². The molecule has 1 saturated heterocycles. The lowest BCUT2D eigenvalue weighted by Gasteiger charge is -2.28. The minimum atomic E-state index is -3.21. The predicted molar refractivity (Wildman–Crippen MR) is 71.1 cm³/mol. The van der Waals surface area contributed by atoms with Crippen LogP contribution in [-0.2, 0) is 10.2 Å². The van der Waals surface area contributed by atoms with Crippen LogP contribution in [0.4, 0.5) is 0 Å². The van der Waals surface area contributed by atoms with E-state index in [1.54, 1.807) is 8.61 Å². The van der Waals surface area contributed by atoms with Gasteiger partial charge in [0.15, 0.2) is 0 Å².